The summed E-state index contributed by atoms with van der Waals surface area (Å²) in [6, 6.07) is 4.52. The lowest BCUT2D eigenvalue weighted by atomic mass is 10.3. The van der Waals surface area contributed by atoms with Crippen molar-refractivity contribution in [1.29, 1.82) is 0 Å². The Morgan fingerprint density at radius 1 is 1.32 bits per heavy atom. The van der Waals surface area contributed by atoms with Crippen LogP contribution >= 0.6 is 0 Å². The van der Waals surface area contributed by atoms with Crippen molar-refractivity contribution in [1.82, 2.24) is 15.3 Å². The van der Waals surface area contributed by atoms with Crippen LogP contribution in [0, 0.1) is 5.82 Å². The summed E-state index contributed by atoms with van der Waals surface area (Å²) in [5.74, 6) is 0.575. The molecule has 0 radical (unpaired) electrons. The zero-order valence-corrected chi connectivity index (χ0v) is 10.7. The van der Waals surface area contributed by atoms with Crippen LogP contribution in [0.1, 0.15) is 5.82 Å². The van der Waals surface area contributed by atoms with Gasteiger partial charge in [-0.25, -0.2) is 9.37 Å². The van der Waals surface area contributed by atoms with Crippen LogP contribution in [-0.2, 0) is 11.2 Å². The van der Waals surface area contributed by atoms with Crippen LogP contribution in [-0.4, -0.2) is 48.0 Å². The fourth-order valence-corrected chi connectivity index (χ4v) is 1.80. The maximum absolute atomic E-state index is 13.0. The molecule has 0 bridgehead atoms. The second-order valence-corrected chi connectivity index (χ2v) is 4.18. The quantitative estimate of drug-likeness (QED) is 0.620. The van der Waals surface area contributed by atoms with Crippen LogP contribution in [0.3, 0.4) is 0 Å². The van der Waals surface area contributed by atoms with Crippen molar-refractivity contribution in [3.63, 3.8) is 0 Å². The second-order valence-electron chi connectivity index (χ2n) is 4.18. The normalized spacial score (nSPS) is 11.3. The summed E-state index contributed by atoms with van der Waals surface area (Å²) < 4.78 is 18.1. The number of rotatable bonds is 8. The molecule has 0 spiro atoms. The van der Waals surface area contributed by atoms with Gasteiger partial charge in [0.2, 0.25) is 0 Å². The van der Waals surface area contributed by atoms with Crippen molar-refractivity contribution in [3.8, 4) is 0 Å². The number of nitrogens with zero attached hydrogens (tertiary/aromatic N) is 1. The molecule has 0 atom stereocenters. The molecule has 104 valence electrons. The van der Waals surface area contributed by atoms with E-state index in [1.165, 1.54) is 12.1 Å². The molecule has 1 aromatic carbocycles. The first-order valence-electron chi connectivity index (χ1n) is 6.33. The monoisotopic (exact) mass is 267 g/mol. The van der Waals surface area contributed by atoms with Gasteiger partial charge in [0.05, 0.1) is 30.9 Å². The van der Waals surface area contributed by atoms with Crippen LogP contribution in [0.15, 0.2) is 18.2 Å². The zero-order chi connectivity index (χ0) is 13.5. The highest BCUT2D eigenvalue weighted by molar-refractivity contribution is 5.74. The van der Waals surface area contributed by atoms with Gasteiger partial charge in [-0.15, -0.1) is 0 Å². The Hall–Kier alpha value is -1.50. The molecule has 19 heavy (non-hydrogen) atoms. The van der Waals surface area contributed by atoms with Gasteiger partial charge >= 0.3 is 0 Å². The number of aliphatic hydroxyl groups is 1. The molecule has 3 N–H and O–H groups in total. The summed E-state index contributed by atoms with van der Waals surface area (Å²) in [6.07, 6.45) is 0.746. The average molecular weight is 267 g/mol. The van der Waals surface area contributed by atoms with Gasteiger partial charge in [-0.3, -0.25) is 0 Å². The molecular formula is C13H18FN3O2. The lowest BCUT2D eigenvalue weighted by Crippen LogP contribution is -2.23. The second kappa shape index (κ2) is 7.18. The number of H-pyrrole nitrogens is 1. The van der Waals surface area contributed by atoms with Gasteiger partial charge in [0.25, 0.3) is 0 Å². The maximum Gasteiger partial charge on any atom is 0.125 e. The van der Waals surface area contributed by atoms with E-state index in [4.69, 9.17) is 9.84 Å². The van der Waals surface area contributed by atoms with Crippen LogP contribution in [0.2, 0.25) is 0 Å². The number of ether oxygens (including phenoxy) is 1. The van der Waals surface area contributed by atoms with Gasteiger partial charge in [0.1, 0.15) is 11.6 Å². The summed E-state index contributed by atoms with van der Waals surface area (Å²) in [6.45, 7) is 2.50. The minimum Gasteiger partial charge on any atom is -0.394 e. The maximum atomic E-state index is 13.0. The van der Waals surface area contributed by atoms with E-state index in [-0.39, 0.29) is 12.4 Å². The Bertz CT molecular complexity index is 516. The third-order valence-corrected chi connectivity index (χ3v) is 2.69. The summed E-state index contributed by atoms with van der Waals surface area (Å²) in [4.78, 5) is 7.47. The molecule has 0 saturated heterocycles. The van der Waals surface area contributed by atoms with E-state index in [0.29, 0.717) is 13.2 Å². The van der Waals surface area contributed by atoms with Gasteiger partial charge in [-0.05, 0) is 18.2 Å². The van der Waals surface area contributed by atoms with Crippen LogP contribution in [0.4, 0.5) is 4.39 Å². The van der Waals surface area contributed by atoms with Crippen molar-refractivity contribution >= 4 is 11.0 Å². The van der Waals surface area contributed by atoms with E-state index in [9.17, 15) is 4.39 Å². The summed E-state index contributed by atoms with van der Waals surface area (Å²) in [5.41, 5.74) is 1.50. The average Bonchev–Trinajstić information content (AvgIpc) is 2.79. The van der Waals surface area contributed by atoms with Crippen molar-refractivity contribution in [2.45, 2.75) is 6.42 Å². The fraction of sp³-hybridized carbons (Fsp3) is 0.462. The van der Waals surface area contributed by atoms with Crippen molar-refractivity contribution in [2.75, 3.05) is 32.9 Å². The predicted octanol–water partition coefficient (Wildman–Crippen LogP) is 0.843. The van der Waals surface area contributed by atoms with E-state index in [1.54, 1.807) is 6.07 Å². The Morgan fingerprint density at radius 2 is 2.21 bits per heavy atom. The third-order valence-electron chi connectivity index (χ3n) is 2.69. The van der Waals surface area contributed by atoms with Gasteiger partial charge < -0.3 is 20.1 Å². The lowest BCUT2D eigenvalue weighted by Gasteiger charge is -2.03. The van der Waals surface area contributed by atoms with E-state index in [0.717, 1.165) is 36.4 Å². The molecule has 2 aromatic rings. The SMILES string of the molecule is OCCOCCNCCc1nc2ccc(F)cc2[nH]1. The molecule has 0 saturated carbocycles. The molecule has 0 fully saturated rings. The fourth-order valence-electron chi connectivity index (χ4n) is 1.80. The first-order chi connectivity index (χ1) is 9.29. The number of hydrogen-bond acceptors (Lipinski definition) is 4. The van der Waals surface area contributed by atoms with Crippen molar-refractivity contribution in [2.24, 2.45) is 0 Å². The van der Waals surface area contributed by atoms with E-state index < -0.39 is 0 Å². The Balaban J connectivity index is 1.72. The molecule has 1 aromatic heterocycles. The molecule has 0 aliphatic rings. The Labute approximate surface area is 110 Å². The van der Waals surface area contributed by atoms with Gasteiger partial charge in [-0.2, -0.15) is 0 Å². The topological polar surface area (TPSA) is 70.2 Å². The predicted molar refractivity (Wildman–Crippen MR) is 70.5 cm³/mol. The Kier molecular flexibility index (Phi) is 5.26. The molecule has 5 nitrogen and oxygen atoms in total. The standard InChI is InChI=1S/C13H18FN3O2/c14-10-1-2-11-12(9-10)17-13(16-11)3-4-15-5-7-19-8-6-18/h1-2,9,15,18H,3-8H2,(H,16,17). The number of halogens is 1. The third kappa shape index (κ3) is 4.27. The van der Waals surface area contributed by atoms with Crippen LogP contribution < -0.4 is 5.32 Å². The zero-order valence-electron chi connectivity index (χ0n) is 10.7. The number of imidazole rings is 1. The smallest absolute Gasteiger partial charge is 0.125 e. The molecule has 0 unspecified atom stereocenters. The number of fused-ring (bicyclic) bond motifs is 1. The molecule has 0 aliphatic carbocycles. The number of aromatic amines is 1. The van der Waals surface area contributed by atoms with E-state index in [1.807, 2.05) is 0 Å². The van der Waals surface area contributed by atoms with E-state index in [2.05, 4.69) is 15.3 Å². The molecule has 1 heterocycles. The largest absolute Gasteiger partial charge is 0.394 e. The summed E-state index contributed by atoms with van der Waals surface area (Å²) in [5, 5.41) is 11.7. The lowest BCUT2D eigenvalue weighted by molar-refractivity contribution is 0.0940. The first-order valence-corrected chi connectivity index (χ1v) is 6.33. The number of aromatic nitrogens is 2. The van der Waals surface area contributed by atoms with Crippen LogP contribution in [0.5, 0.6) is 0 Å². The number of nitrogens with one attached hydrogen (secondary N) is 2. The van der Waals surface area contributed by atoms with Crippen LogP contribution in [0.25, 0.3) is 11.0 Å². The first kappa shape index (κ1) is 13.9. The molecular weight excluding hydrogens is 249 g/mol. The molecule has 0 amide bonds. The molecule has 0 aliphatic heterocycles. The minimum absolute atomic E-state index is 0.0511. The number of aliphatic hydroxyl groups excluding tert-OH is 1. The van der Waals surface area contributed by atoms with Crippen molar-refractivity contribution in [3.05, 3.63) is 29.8 Å². The summed E-state index contributed by atoms with van der Waals surface area (Å²) in [7, 11) is 0. The number of benzene rings is 1. The van der Waals surface area contributed by atoms with Gasteiger partial charge in [0.15, 0.2) is 0 Å². The highest BCUT2D eigenvalue weighted by atomic mass is 19.1. The van der Waals surface area contributed by atoms with Crippen molar-refractivity contribution < 1.29 is 14.2 Å². The highest BCUT2D eigenvalue weighted by Gasteiger charge is 2.03. The molecule has 6 heteroatoms. The van der Waals surface area contributed by atoms with Gasteiger partial charge in [-0.1, -0.05) is 0 Å². The number of hydrogen-bond donors (Lipinski definition) is 3. The Morgan fingerprint density at radius 3 is 3.05 bits per heavy atom. The molecule has 2 rings (SSSR count). The van der Waals surface area contributed by atoms with E-state index >= 15 is 0 Å². The van der Waals surface area contributed by atoms with Gasteiger partial charge in [0, 0.05) is 19.5 Å². The highest BCUT2D eigenvalue weighted by Crippen LogP contribution is 2.12. The minimum atomic E-state index is -0.262. The summed E-state index contributed by atoms with van der Waals surface area (Å²) >= 11 is 0.